The number of rotatable bonds is 3. The predicted molar refractivity (Wildman–Crippen MR) is 74.2 cm³/mol. The molecule has 108 valence electrons. The van der Waals surface area contributed by atoms with Gasteiger partial charge in [0, 0.05) is 31.4 Å². The first-order valence-corrected chi connectivity index (χ1v) is 7.29. The lowest BCUT2D eigenvalue weighted by molar-refractivity contribution is 0.0927. The molecule has 1 aromatic heterocycles. The summed E-state index contributed by atoms with van der Waals surface area (Å²) in [6.45, 7) is 3.92. The third-order valence-corrected chi connectivity index (χ3v) is 4.39. The van der Waals surface area contributed by atoms with Crippen LogP contribution in [0.3, 0.4) is 0 Å². The van der Waals surface area contributed by atoms with E-state index < -0.39 is 11.7 Å². The summed E-state index contributed by atoms with van der Waals surface area (Å²) in [4.78, 5) is 18.3. The Morgan fingerprint density at radius 2 is 2.25 bits per heavy atom. The highest BCUT2D eigenvalue weighted by Gasteiger charge is 2.39. The second-order valence-corrected chi connectivity index (χ2v) is 6.06. The molecule has 6 heteroatoms. The summed E-state index contributed by atoms with van der Waals surface area (Å²) in [5.74, 6) is -0.750. The molecular formula is C14H17ClFN3O. The maximum absolute atomic E-state index is 13.7. The van der Waals surface area contributed by atoms with E-state index in [2.05, 4.69) is 22.1 Å². The fourth-order valence-corrected chi connectivity index (χ4v) is 3.02. The Morgan fingerprint density at radius 1 is 1.50 bits per heavy atom. The average molecular weight is 298 g/mol. The molecule has 1 aromatic rings. The third-order valence-electron chi connectivity index (χ3n) is 4.10. The van der Waals surface area contributed by atoms with Crippen LogP contribution in [0.15, 0.2) is 12.3 Å². The lowest BCUT2D eigenvalue weighted by Gasteiger charge is -2.17. The van der Waals surface area contributed by atoms with Crippen molar-refractivity contribution < 1.29 is 9.18 Å². The summed E-state index contributed by atoms with van der Waals surface area (Å²) in [7, 11) is 0. The summed E-state index contributed by atoms with van der Waals surface area (Å²) >= 11 is 5.81. The number of nitrogens with zero attached hydrogens (tertiary/aromatic N) is 2. The molecule has 2 unspecified atom stereocenters. The van der Waals surface area contributed by atoms with Gasteiger partial charge in [0.15, 0.2) is 0 Å². The zero-order valence-corrected chi connectivity index (χ0v) is 12.0. The van der Waals surface area contributed by atoms with Crippen molar-refractivity contribution in [2.24, 2.45) is 5.92 Å². The SMILES string of the molecule is CC1CN(C2CC2)CC1NC(=O)c1c(F)ccnc1Cl. The van der Waals surface area contributed by atoms with E-state index in [0.29, 0.717) is 12.0 Å². The van der Waals surface area contributed by atoms with Gasteiger partial charge in [-0.3, -0.25) is 9.69 Å². The monoisotopic (exact) mass is 297 g/mol. The van der Waals surface area contributed by atoms with E-state index in [1.165, 1.54) is 19.0 Å². The van der Waals surface area contributed by atoms with E-state index in [1.807, 2.05) is 0 Å². The van der Waals surface area contributed by atoms with Gasteiger partial charge >= 0.3 is 0 Å². The molecular weight excluding hydrogens is 281 g/mol. The normalized spacial score (nSPS) is 26.8. The van der Waals surface area contributed by atoms with Crippen LogP contribution >= 0.6 is 11.6 Å². The molecule has 20 heavy (non-hydrogen) atoms. The Balaban J connectivity index is 1.69. The molecule has 0 aromatic carbocycles. The van der Waals surface area contributed by atoms with E-state index >= 15 is 0 Å². The Kier molecular flexibility index (Phi) is 3.65. The van der Waals surface area contributed by atoms with Crippen LogP contribution in [0.5, 0.6) is 0 Å². The molecule has 0 spiro atoms. The van der Waals surface area contributed by atoms with Crippen LogP contribution in [-0.4, -0.2) is 41.0 Å². The van der Waals surface area contributed by atoms with Gasteiger partial charge < -0.3 is 5.32 Å². The van der Waals surface area contributed by atoms with Crippen molar-refractivity contribution in [1.29, 1.82) is 0 Å². The first-order chi connectivity index (χ1) is 9.56. The summed E-state index contributed by atoms with van der Waals surface area (Å²) in [5, 5.41) is 2.80. The molecule has 2 atom stereocenters. The number of amides is 1. The van der Waals surface area contributed by atoms with Gasteiger partial charge in [-0.2, -0.15) is 0 Å². The molecule has 1 saturated carbocycles. The first kappa shape index (κ1) is 13.8. The molecule has 1 N–H and O–H groups in total. The molecule has 4 nitrogen and oxygen atoms in total. The van der Waals surface area contributed by atoms with Gasteiger partial charge in [-0.25, -0.2) is 9.37 Å². The lowest BCUT2D eigenvalue weighted by Crippen LogP contribution is -2.40. The third kappa shape index (κ3) is 2.65. The highest BCUT2D eigenvalue weighted by atomic mass is 35.5. The maximum Gasteiger partial charge on any atom is 0.257 e. The number of hydrogen-bond acceptors (Lipinski definition) is 3. The molecule has 1 aliphatic heterocycles. The lowest BCUT2D eigenvalue weighted by atomic mass is 10.1. The molecule has 1 aliphatic carbocycles. The predicted octanol–water partition coefficient (Wildman–Crippen LogP) is 2.09. The minimum absolute atomic E-state index is 0.0405. The van der Waals surface area contributed by atoms with E-state index in [9.17, 15) is 9.18 Å². The highest BCUT2D eigenvalue weighted by molar-refractivity contribution is 6.32. The second-order valence-electron chi connectivity index (χ2n) is 5.70. The fourth-order valence-electron chi connectivity index (χ4n) is 2.79. The molecule has 3 rings (SSSR count). The van der Waals surface area contributed by atoms with Crippen LogP contribution in [0.4, 0.5) is 4.39 Å². The topological polar surface area (TPSA) is 45.2 Å². The van der Waals surface area contributed by atoms with Crippen LogP contribution in [0.2, 0.25) is 5.15 Å². The minimum atomic E-state index is -0.632. The van der Waals surface area contributed by atoms with Crippen molar-refractivity contribution in [3.63, 3.8) is 0 Å². The number of hydrogen-bond donors (Lipinski definition) is 1. The van der Waals surface area contributed by atoms with E-state index in [0.717, 1.165) is 19.2 Å². The van der Waals surface area contributed by atoms with Gasteiger partial charge in [0.25, 0.3) is 5.91 Å². The van der Waals surface area contributed by atoms with Gasteiger partial charge in [-0.15, -0.1) is 0 Å². The van der Waals surface area contributed by atoms with E-state index in [1.54, 1.807) is 0 Å². The molecule has 0 bridgehead atoms. The number of nitrogens with one attached hydrogen (secondary N) is 1. The Morgan fingerprint density at radius 3 is 2.90 bits per heavy atom. The largest absolute Gasteiger partial charge is 0.348 e. The zero-order valence-electron chi connectivity index (χ0n) is 11.3. The fraction of sp³-hybridized carbons (Fsp3) is 0.571. The van der Waals surface area contributed by atoms with Crippen molar-refractivity contribution in [3.8, 4) is 0 Å². The first-order valence-electron chi connectivity index (χ1n) is 6.91. The molecule has 0 radical (unpaired) electrons. The molecule has 1 saturated heterocycles. The summed E-state index contributed by atoms with van der Waals surface area (Å²) in [5.41, 5.74) is -0.161. The maximum atomic E-state index is 13.7. The highest BCUT2D eigenvalue weighted by Crippen LogP contribution is 2.32. The summed E-state index contributed by atoms with van der Waals surface area (Å²) < 4.78 is 13.7. The van der Waals surface area contributed by atoms with Gasteiger partial charge in [0.05, 0.1) is 0 Å². The number of halogens is 2. The van der Waals surface area contributed by atoms with Gasteiger partial charge in [0.1, 0.15) is 16.5 Å². The van der Waals surface area contributed by atoms with Crippen LogP contribution in [-0.2, 0) is 0 Å². The standard InChI is InChI=1S/C14H17ClFN3O/c1-8-6-19(9-2-3-9)7-11(8)18-14(20)12-10(16)4-5-17-13(12)15/h4-5,8-9,11H,2-3,6-7H2,1H3,(H,18,20). The molecule has 2 heterocycles. The minimum Gasteiger partial charge on any atom is -0.348 e. The van der Waals surface area contributed by atoms with Crippen LogP contribution in [0.25, 0.3) is 0 Å². The zero-order chi connectivity index (χ0) is 14.3. The smallest absolute Gasteiger partial charge is 0.257 e. The van der Waals surface area contributed by atoms with Crippen molar-refractivity contribution >= 4 is 17.5 Å². The summed E-state index contributed by atoms with van der Waals surface area (Å²) in [6, 6.07) is 1.87. The number of carbonyl (C=O) groups excluding carboxylic acids is 1. The average Bonchev–Trinajstić information content (AvgIpc) is 3.16. The van der Waals surface area contributed by atoms with Crippen molar-refractivity contribution in [2.75, 3.05) is 13.1 Å². The molecule has 1 amide bonds. The Hall–Kier alpha value is -1.20. The van der Waals surface area contributed by atoms with Crippen molar-refractivity contribution in [2.45, 2.75) is 31.8 Å². The van der Waals surface area contributed by atoms with Crippen LogP contribution < -0.4 is 5.32 Å². The summed E-state index contributed by atoms with van der Waals surface area (Å²) in [6.07, 6.45) is 3.74. The second kappa shape index (κ2) is 5.30. The molecule has 2 aliphatic rings. The van der Waals surface area contributed by atoms with Crippen LogP contribution in [0, 0.1) is 11.7 Å². The van der Waals surface area contributed by atoms with Gasteiger partial charge in [0.2, 0.25) is 0 Å². The Labute approximate surface area is 122 Å². The van der Waals surface area contributed by atoms with Crippen molar-refractivity contribution in [3.05, 3.63) is 28.8 Å². The number of aromatic nitrogens is 1. The number of carbonyl (C=O) groups is 1. The molecule has 2 fully saturated rings. The van der Waals surface area contributed by atoms with Gasteiger partial charge in [-0.1, -0.05) is 18.5 Å². The quantitative estimate of drug-likeness (QED) is 0.869. The Bertz CT molecular complexity index is 515. The van der Waals surface area contributed by atoms with E-state index in [4.69, 9.17) is 11.6 Å². The number of likely N-dealkylation sites (tertiary alicyclic amines) is 1. The van der Waals surface area contributed by atoms with Crippen LogP contribution in [0.1, 0.15) is 30.1 Å². The van der Waals surface area contributed by atoms with Crippen molar-refractivity contribution in [1.82, 2.24) is 15.2 Å². The van der Waals surface area contributed by atoms with Gasteiger partial charge in [-0.05, 0) is 24.8 Å². The van der Waals surface area contributed by atoms with E-state index in [-0.39, 0.29) is 16.8 Å². The number of pyridine rings is 1.